The van der Waals surface area contributed by atoms with Crippen LogP contribution in [0.5, 0.6) is 5.75 Å². The van der Waals surface area contributed by atoms with Gasteiger partial charge >= 0.3 is 0 Å². The van der Waals surface area contributed by atoms with Gasteiger partial charge in [0, 0.05) is 19.3 Å². The van der Waals surface area contributed by atoms with Gasteiger partial charge < -0.3 is 10.1 Å². The summed E-state index contributed by atoms with van der Waals surface area (Å²) in [5.74, 6) is 0.298. The molecule has 1 aromatic rings. The molecular formula is C10H11ClN2O2. The number of hydrogen-bond acceptors (Lipinski definition) is 3. The first kappa shape index (κ1) is 10.2. The number of carbonyl (C=O) groups is 1. The first-order valence-corrected chi connectivity index (χ1v) is 5.13. The zero-order chi connectivity index (χ0) is 10.8. The minimum atomic E-state index is -0.213. The monoisotopic (exact) mass is 226 g/mol. The van der Waals surface area contributed by atoms with Crippen LogP contribution in [0.2, 0.25) is 5.15 Å². The van der Waals surface area contributed by atoms with Crippen molar-refractivity contribution in [3.8, 4) is 5.75 Å². The second-order valence-electron chi connectivity index (χ2n) is 3.40. The van der Waals surface area contributed by atoms with Crippen molar-refractivity contribution >= 4 is 17.5 Å². The van der Waals surface area contributed by atoms with Crippen LogP contribution >= 0.6 is 11.6 Å². The van der Waals surface area contributed by atoms with Crippen molar-refractivity contribution in [2.75, 3.05) is 7.05 Å². The lowest BCUT2D eigenvalue weighted by atomic mass is 10.2. The molecule has 15 heavy (non-hydrogen) atoms. The third kappa shape index (κ3) is 2.39. The van der Waals surface area contributed by atoms with Crippen molar-refractivity contribution < 1.29 is 9.53 Å². The molecule has 1 saturated carbocycles. The van der Waals surface area contributed by atoms with Crippen molar-refractivity contribution in [2.45, 2.75) is 18.9 Å². The average molecular weight is 227 g/mol. The smallest absolute Gasteiger partial charge is 0.256 e. The Morgan fingerprint density at radius 3 is 3.00 bits per heavy atom. The lowest BCUT2D eigenvalue weighted by molar-refractivity contribution is 0.0958. The molecule has 1 amide bonds. The Kier molecular flexibility index (Phi) is 2.77. The largest absolute Gasteiger partial charge is 0.489 e. The third-order valence-electron chi connectivity index (χ3n) is 2.12. The van der Waals surface area contributed by atoms with Gasteiger partial charge in [-0.3, -0.25) is 4.79 Å². The minimum Gasteiger partial charge on any atom is -0.489 e. The van der Waals surface area contributed by atoms with Crippen molar-refractivity contribution in [3.05, 3.63) is 23.0 Å². The molecule has 1 fully saturated rings. The first-order chi connectivity index (χ1) is 7.20. The van der Waals surface area contributed by atoms with Gasteiger partial charge in [-0.15, -0.1) is 0 Å². The van der Waals surface area contributed by atoms with E-state index in [9.17, 15) is 4.79 Å². The Balaban J connectivity index is 2.29. The molecule has 1 heterocycles. The predicted molar refractivity (Wildman–Crippen MR) is 56.3 cm³/mol. The summed E-state index contributed by atoms with van der Waals surface area (Å²) in [5, 5.41) is 2.86. The first-order valence-electron chi connectivity index (χ1n) is 4.75. The van der Waals surface area contributed by atoms with Gasteiger partial charge in [0.1, 0.15) is 10.9 Å². The number of nitrogens with one attached hydrogen (secondary N) is 1. The maximum atomic E-state index is 11.5. The Bertz CT molecular complexity index is 391. The molecule has 0 unspecified atom stereocenters. The normalized spacial score (nSPS) is 14.8. The summed E-state index contributed by atoms with van der Waals surface area (Å²) in [6.45, 7) is 0. The number of hydrogen-bond donors (Lipinski definition) is 1. The maximum absolute atomic E-state index is 11.5. The molecule has 4 nitrogen and oxygen atoms in total. The van der Waals surface area contributed by atoms with Gasteiger partial charge in [0.15, 0.2) is 0 Å². The summed E-state index contributed by atoms with van der Waals surface area (Å²) in [6.07, 6.45) is 3.73. The van der Waals surface area contributed by atoms with Gasteiger partial charge in [0.2, 0.25) is 0 Å². The van der Waals surface area contributed by atoms with Gasteiger partial charge in [0.25, 0.3) is 5.91 Å². The van der Waals surface area contributed by atoms with Gasteiger partial charge in [-0.25, -0.2) is 4.98 Å². The number of ether oxygens (including phenoxy) is 1. The number of halogens is 1. The summed E-state index contributed by atoms with van der Waals surface area (Å²) in [7, 11) is 1.57. The van der Waals surface area contributed by atoms with Crippen LogP contribution in [0.15, 0.2) is 12.3 Å². The lowest BCUT2D eigenvalue weighted by Gasteiger charge is -2.09. The van der Waals surface area contributed by atoms with E-state index < -0.39 is 0 Å². The molecule has 80 valence electrons. The maximum Gasteiger partial charge on any atom is 0.256 e. The number of pyridine rings is 1. The quantitative estimate of drug-likeness (QED) is 0.798. The van der Waals surface area contributed by atoms with E-state index in [1.54, 1.807) is 13.1 Å². The lowest BCUT2D eigenvalue weighted by Crippen LogP contribution is -2.19. The molecule has 0 bridgehead atoms. The second-order valence-corrected chi connectivity index (χ2v) is 3.79. The highest BCUT2D eigenvalue weighted by Crippen LogP contribution is 2.30. The van der Waals surface area contributed by atoms with Crippen LogP contribution in [0.4, 0.5) is 0 Å². The number of nitrogens with zero attached hydrogens (tertiary/aromatic N) is 1. The molecule has 0 aliphatic heterocycles. The summed E-state index contributed by atoms with van der Waals surface area (Å²) >= 11 is 5.75. The molecule has 1 aliphatic rings. The Hall–Kier alpha value is -1.29. The Labute approximate surface area is 92.6 Å². The molecule has 1 N–H and O–H groups in total. The molecule has 0 radical (unpaired) electrons. The molecule has 0 atom stereocenters. The number of aromatic nitrogens is 1. The predicted octanol–water partition coefficient (Wildman–Crippen LogP) is 1.64. The molecule has 5 heteroatoms. The standard InChI is InChI=1S/C10H11ClN2O2/c1-12-10(14)7-5-13-9(11)4-8(7)15-6-2-3-6/h4-6H,2-3H2,1H3,(H,12,14). The van der Waals surface area contributed by atoms with Crippen molar-refractivity contribution in [2.24, 2.45) is 0 Å². The van der Waals surface area contributed by atoms with E-state index in [-0.39, 0.29) is 12.0 Å². The van der Waals surface area contributed by atoms with E-state index in [1.807, 2.05) is 0 Å². The van der Waals surface area contributed by atoms with E-state index in [0.29, 0.717) is 16.5 Å². The summed E-state index contributed by atoms with van der Waals surface area (Å²) in [5.41, 5.74) is 0.425. The van der Waals surface area contributed by atoms with Crippen LogP contribution in [0, 0.1) is 0 Å². The zero-order valence-corrected chi connectivity index (χ0v) is 9.04. The van der Waals surface area contributed by atoms with Gasteiger partial charge in [-0.05, 0) is 12.8 Å². The molecule has 0 aromatic carbocycles. The van der Waals surface area contributed by atoms with E-state index >= 15 is 0 Å². The molecule has 2 rings (SSSR count). The summed E-state index contributed by atoms with van der Waals surface area (Å²) in [4.78, 5) is 15.3. The highest BCUT2D eigenvalue weighted by atomic mass is 35.5. The topological polar surface area (TPSA) is 51.2 Å². The van der Waals surface area contributed by atoms with E-state index in [4.69, 9.17) is 16.3 Å². The van der Waals surface area contributed by atoms with Crippen molar-refractivity contribution in [1.82, 2.24) is 10.3 Å². The average Bonchev–Trinajstić information content (AvgIpc) is 3.01. The molecule has 1 aliphatic carbocycles. The second kappa shape index (κ2) is 4.06. The fourth-order valence-electron chi connectivity index (χ4n) is 1.18. The molecule has 1 aromatic heterocycles. The van der Waals surface area contributed by atoms with E-state index in [2.05, 4.69) is 10.3 Å². The highest BCUT2D eigenvalue weighted by molar-refractivity contribution is 6.29. The highest BCUT2D eigenvalue weighted by Gasteiger charge is 2.25. The third-order valence-corrected chi connectivity index (χ3v) is 2.33. The van der Waals surface area contributed by atoms with Crippen LogP contribution < -0.4 is 10.1 Å². The van der Waals surface area contributed by atoms with Crippen molar-refractivity contribution in [3.63, 3.8) is 0 Å². The van der Waals surface area contributed by atoms with Crippen LogP contribution in [0.25, 0.3) is 0 Å². The van der Waals surface area contributed by atoms with Gasteiger partial charge in [-0.1, -0.05) is 11.6 Å². The fraction of sp³-hybridized carbons (Fsp3) is 0.400. The van der Waals surface area contributed by atoms with Crippen LogP contribution in [0.3, 0.4) is 0 Å². The Morgan fingerprint density at radius 1 is 1.67 bits per heavy atom. The molecule has 0 saturated heterocycles. The minimum absolute atomic E-state index is 0.213. The number of amides is 1. The SMILES string of the molecule is CNC(=O)c1cnc(Cl)cc1OC1CC1. The summed E-state index contributed by atoms with van der Waals surface area (Å²) < 4.78 is 5.57. The number of rotatable bonds is 3. The van der Waals surface area contributed by atoms with Gasteiger partial charge in [-0.2, -0.15) is 0 Å². The molecule has 0 spiro atoms. The van der Waals surface area contributed by atoms with Crippen LogP contribution in [0.1, 0.15) is 23.2 Å². The Morgan fingerprint density at radius 2 is 2.40 bits per heavy atom. The van der Waals surface area contributed by atoms with Gasteiger partial charge in [0.05, 0.1) is 11.7 Å². The van der Waals surface area contributed by atoms with E-state index in [1.165, 1.54) is 6.20 Å². The molecular weight excluding hydrogens is 216 g/mol. The summed E-state index contributed by atoms with van der Waals surface area (Å²) in [6, 6.07) is 1.57. The fourth-order valence-corrected chi connectivity index (χ4v) is 1.33. The van der Waals surface area contributed by atoms with Crippen LogP contribution in [-0.4, -0.2) is 24.0 Å². The van der Waals surface area contributed by atoms with Crippen LogP contribution in [-0.2, 0) is 0 Å². The van der Waals surface area contributed by atoms with E-state index in [0.717, 1.165) is 12.8 Å². The zero-order valence-electron chi connectivity index (χ0n) is 8.29. The number of carbonyl (C=O) groups excluding carboxylic acids is 1. The van der Waals surface area contributed by atoms with Crippen molar-refractivity contribution in [1.29, 1.82) is 0 Å².